The van der Waals surface area contributed by atoms with Gasteiger partial charge in [0.05, 0.1) is 12.2 Å². The summed E-state index contributed by atoms with van der Waals surface area (Å²) in [6.45, 7) is 1.57. The van der Waals surface area contributed by atoms with Crippen LogP contribution in [-0.4, -0.2) is 47.4 Å². The van der Waals surface area contributed by atoms with Crippen molar-refractivity contribution in [1.29, 1.82) is 0 Å². The fraction of sp³-hybridized carbons (Fsp3) is 0.417. The Morgan fingerprint density at radius 2 is 1.97 bits per heavy atom. The zero-order valence-corrected chi connectivity index (χ0v) is 19.2. The van der Waals surface area contributed by atoms with Crippen LogP contribution in [0.15, 0.2) is 24.3 Å². The molecule has 1 unspecified atom stereocenters. The van der Waals surface area contributed by atoms with Gasteiger partial charge < -0.3 is 15.4 Å². The number of ether oxygens (including phenoxy) is 1. The largest absolute Gasteiger partial charge is 0.462 e. The number of nitrogens with one attached hydrogen (secondary N) is 2. The fourth-order valence-electron chi connectivity index (χ4n) is 5.07. The molecule has 0 bridgehead atoms. The molecule has 1 fully saturated rings. The first kappa shape index (κ1) is 21.6. The predicted molar refractivity (Wildman–Crippen MR) is 122 cm³/mol. The van der Waals surface area contributed by atoms with Crippen molar-refractivity contribution in [2.24, 2.45) is 0 Å². The maximum atomic E-state index is 13.3. The third-order valence-electron chi connectivity index (χ3n) is 6.63. The van der Waals surface area contributed by atoms with Crippen molar-refractivity contribution in [3.8, 4) is 0 Å². The molecule has 2 heterocycles. The second-order valence-electron chi connectivity index (χ2n) is 8.68. The van der Waals surface area contributed by atoms with Crippen LogP contribution in [0.4, 0.5) is 9.80 Å². The summed E-state index contributed by atoms with van der Waals surface area (Å²) in [5.41, 5.74) is 2.55. The number of carbonyl (C=O) groups is 4. The molecule has 2 aromatic rings. The standard InChI is InChI=1S/C24H25N3O5S/c1-2-32-21(29)19-16-8-5-9-17(16)33-20(19)25-18(28)13-27-22(30)24(26-23(27)31)11-10-14-6-3-4-7-15(14)12-24/h3-4,6-7H,2,5,8-13H2,1H3,(H,25,28)(H,26,31). The Hall–Kier alpha value is -3.20. The van der Waals surface area contributed by atoms with Gasteiger partial charge in [-0.05, 0) is 55.7 Å². The lowest BCUT2D eigenvalue weighted by atomic mass is 9.78. The second-order valence-corrected chi connectivity index (χ2v) is 9.78. The molecule has 1 aliphatic heterocycles. The number of rotatable bonds is 5. The summed E-state index contributed by atoms with van der Waals surface area (Å²) in [6, 6.07) is 7.33. The number of aryl methyl sites for hydroxylation is 2. The van der Waals surface area contributed by atoms with Crippen LogP contribution in [0, 0.1) is 0 Å². The van der Waals surface area contributed by atoms with E-state index in [-0.39, 0.29) is 12.5 Å². The van der Waals surface area contributed by atoms with Crippen molar-refractivity contribution in [2.75, 3.05) is 18.5 Å². The lowest BCUT2D eigenvalue weighted by molar-refractivity contribution is -0.134. The van der Waals surface area contributed by atoms with Crippen LogP contribution in [0.3, 0.4) is 0 Å². The van der Waals surface area contributed by atoms with Gasteiger partial charge in [-0.3, -0.25) is 14.5 Å². The van der Waals surface area contributed by atoms with Gasteiger partial charge in [0.25, 0.3) is 5.91 Å². The van der Waals surface area contributed by atoms with Gasteiger partial charge in [0.2, 0.25) is 5.91 Å². The zero-order chi connectivity index (χ0) is 23.2. The van der Waals surface area contributed by atoms with Crippen LogP contribution in [0.5, 0.6) is 0 Å². The van der Waals surface area contributed by atoms with Crippen LogP contribution in [0.25, 0.3) is 0 Å². The highest BCUT2D eigenvalue weighted by Gasteiger charge is 2.52. The van der Waals surface area contributed by atoms with E-state index in [2.05, 4.69) is 10.6 Å². The van der Waals surface area contributed by atoms with Crippen LogP contribution in [0.1, 0.15) is 51.7 Å². The Bertz CT molecular complexity index is 1170. The summed E-state index contributed by atoms with van der Waals surface area (Å²) in [6.07, 6.45) is 4.20. The van der Waals surface area contributed by atoms with Crippen molar-refractivity contribution in [1.82, 2.24) is 10.2 Å². The van der Waals surface area contributed by atoms with Gasteiger partial charge in [-0.25, -0.2) is 9.59 Å². The topological polar surface area (TPSA) is 105 Å². The quantitative estimate of drug-likeness (QED) is 0.520. The molecule has 0 saturated carbocycles. The van der Waals surface area contributed by atoms with Crippen molar-refractivity contribution in [3.63, 3.8) is 0 Å². The SMILES string of the molecule is CCOC(=O)c1c(NC(=O)CN2C(=O)NC3(CCc4ccccc4C3)C2=O)sc2c1CCC2. The van der Waals surface area contributed by atoms with Gasteiger partial charge in [-0.15, -0.1) is 11.3 Å². The Kier molecular flexibility index (Phi) is 5.44. The van der Waals surface area contributed by atoms with Crippen LogP contribution in [0.2, 0.25) is 0 Å². The average Bonchev–Trinajstić information content (AvgIpc) is 3.43. The molecule has 8 nitrogen and oxygen atoms in total. The van der Waals surface area contributed by atoms with Crippen molar-refractivity contribution in [3.05, 3.63) is 51.4 Å². The molecule has 5 rings (SSSR count). The fourth-order valence-corrected chi connectivity index (χ4v) is 6.36. The molecule has 33 heavy (non-hydrogen) atoms. The molecular formula is C24H25N3O5S. The second kappa shape index (κ2) is 8.30. The van der Waals surface area contributed by atoms with Gasteiger partial charge in [0.15, 0.2) is 0 Å². The summed E-state index contributed by atoms with van der Waals surface area (Å²) in [5, 5.41) is 6.03. The summed E-state index contributed by atoms with van der Waals surface area (Å²) in [5.74, 6) is -1.35. The molecule has 172 valence electrons. The monoisotopic (exact) mass is 467 g/mol. The molecular weight excluding hydrogens is 442 g/mol. The molecule has 1 atom stereocenters. The third-order valence-corrected chi connectivity index (χ3v) is 7.84. The number of amides is 4. The molecule has 2 aliphatic carbocycles. The summed E-state index contributed by atoms with van der Waals surface area (Å²) in [7, 11) is 0. The van der Waals surface area contributed by atoms with Gasteiger partial charge in [-0.1, -0.05) is 24.3 Å². The van der Waals surface area contributed by atoms with E-state index in [1.54, 1.807) is 6.92 Å². The van der Waals surface area contributed by atoms with E-state index in [0.29, 0.717) is 29.8 Å². The molecule has 3 aliphatic rings. The molecule has 1 aromatic carbocycles. The van der Waals surface area contributed by atoms with E-state index in [1.165, 1.54) is 16.9 Å². The number of esters is 1. The Labute approximate surface area is 195 Å². The number of thiophene rings is 1. The number of hydrogen-bond acceptors (Lipinski definition) is 6. The molecule has 9 heteroatoms. The normalized spacial score (nSPS) is 21.1. The van der Waals surface area contributed by atoms with Crippen LogP contribution in [-0.2, 0) is 40.0 Å². The van der Waals surface area contributed by atoms with Crippen LogP contribution < -0.4 is 10.6 Å². The first-order chi connectivity index (χ1) is 15.9. The van der Waals surface area contributed by atoms with E-state index in [9.17, 15) is 19.2 Å². The number of hydrogen-bond donors (Lipinski definition) is 2. The molecule has 1 aromatic heterocycles. The molecule has 2 N–H and O–H groups in total. The number of benzene rings is 1. The number of anilines is 1. The van der Waals surface area contributed by atoms with E-state index >= 15 is 0 Å². The van der Waals surface area contributed by atoms with Crippen molar-refractivity contribution in [2.45, 2.75) is 51.0 Å². The molecule has 0 radical (unpaired) electrons. The smallest absolute Gasteiger partial charge is 0.341 e. The zero-order valence-electron chi connectivity index (χ0n) is 18.4. The summed E-state index contributed by atoms with van der Waals surface area (Å²) < 4.78 is 5.19. The number of carbonyl (C=O) groups excluding carboxylic acids is 4. The van der Waals surface area contributed by atoms with Gasteiger partial charge in [-0.2, -0.15) is 0 Å². The molecule has 1 spiro atoms. The van der Waals surface area contributed by atoms with E-state index in [4.69, 9.17) is 4.74 Å². The van der Waals surface area contributed by atoms with E-state index < -0.39 is 30.0 Å². The lowest BCUT2D eigenvalue weighted by Crippen LogP contribution is -2.51. The van der Waals surface area contributed by atoms with Gasteiger partial charge in [0.1, 0.15) is 17.1 Å². The predicted octanol–water partition coefficient (Wildman–Crippen LogP) is 2.83. The maximum Gasteiger partial charge on any atom is 0.341 e. The highest BCUT2D eigenvalue weighted by atomic mass is 32.1. The number of fused-ring (bicyclic) bond motifs is 2. The average molecular weight is 468 g/mol. The van der Waals surface area contributed by atoms with E-state index in [1.807, 2.05) is 24.3 Å². The van der Waals surface area contributed by atoms with E-state index in [0.717, 1.165) is 40.2 Å². The highest BCUT2D eigenvalue weighted by Crippen LogP contribution is 2.40. The molecule has 4 amide bonds. The van der Waals surface area contributed by atoms with Crippen molar-refractivity contribution < 1.29 is 23.9 Å². The summed E-state index contributed by atoms with van der Waals surface area (Å²) in [4.78, 5) is 53.4. The lowest BCUT2D eigenvalue weighted by Gasteiger charge is -2.32. The van der Waals surface area contributed by atoms with Crippen LogP contribution >= 0.6 is 11.3 Å². The first-order valence-corrected chi connectivity index (χ1v) is 12.1. The Balaban J connectivity index is 1.32. The number of imide groups is 1. The first-order valence-electron chi connectivity index (χ1n) is 11.2. The highest BCUT2D eigenvalue weighted by molar-refractivity contribution is 7.17. The molecule has 1 saturated heterocycles. The summed E-state index contributed by atoms with van der Waals surface area (Å²) >= 11 is 1.37. The minimum atomic E-state index is -1.01. The van der Waals surface area contributed by atoms with Crippen molar-refractivity contribution >= 4 is 40.2 Å². The third kappa shape index (κ3) is 3.70. The minimum absolute atomic E-state index is 0.241. The van der Waals surface area contributed by atoms with Gasteiger partial charge >= 0.3 is 12.0 Å². The number of urea groups is 1. The van der Waals surface area contributed by atoms with Gasteiger partial charge in [0, 0.05) is 11.3 Å². The Morgan fingerprint density at radius 1 is 1.18 bits per heavy atom. The number of nitrogens with zero attached hydrogens (tertiary/aromatic N) is 1. The minimum Gasteiger partial charge on any atom is -0.462 e. The Morgan fingerprint density at radius 3 is 2.76 bits per heavy atom. The maximum absolute atomic E-state index is 13.3.